The van der Waals surface area contributed by atoms with Gasteiger partial charge in [0.1, 0.15) is 0 Å². The lowest BCUT2D eigenvalue weighted by Gasteiger charge is -2.27. The molecule has 0 aromatic heterocycles. The first kappa shape index (κ1) is 8.39. The quantitative estimate of drug-likeness (QED) is 0.526. The molecule has 0 saturated heterocycles. The minimum Gasteiger partial charge on any atom is -0.480 e. The van der Waals surface area contributed by atoms with Crippen LogP contribution in [-0.2, 0) is 4.79 Å². The Morgan fingerprint density at radius 2 is 2.25 bits per heavy atom. The third kappa shape index (κ3) is 0.798. The predicted octanol–water partition coefficient (Wildman–Crippen LogP) is 1.86. The van der Waals surface area contributed by atoms with E-state index < -0.39 is 16.2 Å². The predicted molar refractivity (Wildman–Crippen MR) is 46.6 cm³/mol. The van der Waals surface area contributed by atoms with Gasteiger partial charge in [-0.05, 0) is 12.3 Å². The van der Waals surface area contributed by atoms with Crippen molar-refractivity contribution in [2.75, 3.05) is 0 Å². The highest BCUT2D eigenvalue weighted by atomic mass is 35.5. The number of halogens is 2. The topological polar surface area (TPSA) is 37.3 Å². The molecule has 0 amide bonds. The highest BCUT2D eigenvalue weighted by Crippen LogP contribution is 2.52. The minimum atomic E-state index is -1.26. The maximum Gasteiger partial charge on any atom is 0.326 e. The molecule has 2 bridgehead atoms. The Morgan fingerprint density at radius 1 is 1.58 bits per heavy atom. The van der Waals surface area contributed by atoms with E-state index in [9.17, 15) is 4.79 Å². The van der Waals surface area contributed by atoms with E-state index in [2.05, 4.69) is 0 Å². The number of fused-ring (bicyclic) bond motifs is 2. The van der Waals surface area contributed by atoms with Crippen LogP contribution in [0, 0.1) is 11.8 Å². The summed E-state index contributed by atoms with van der Waals surface area (Å²) in [6, 6.07) is 0. The van der Waals surface area contributed by atoms with Crippen LogP contribution in [0.1, 0.15) is 6.42 Å². The molecule has 0 unspecified atom stereocenters. The van der Waals surface area contributed by atoms with Gasteiger partial charge in [0.15, 0.2) is 4.87 Å². The van der Waals surface area contributed by atoms with Crippen LogP contribution in [-0.4, -0.2) is 21.3 Å². The standard InChI is InChI=1S/C8H8Cl2O2/c9-6-4-1-2-5(3-4)8(6,10)7(11)12/h1-2,4-6H,3H2,(H,11,12)/t4-,5+,6+,8-/m1/s1. The molecule has 2 aliphatic carbocycles. The zero-order valence-corrected chi connectivity index (χ0v) is 7.72. The number of carboxylic acid groups (broad SMARTS) is 1. The van der Waals surface area contributed by atoms with Crippen LogP contribution in [0.5, 0.6) is 0 Å². The minimum absolute atomic E-state index is 0.0934. The molecular formula is C8H8Cl2O2. The van der Waals surface area contributed by atoms with Crippen molar-refractivity contribution >= 4 is 29.2 Å². The second-order valence-electron chi connectivity index (χ2n) is 3.37. The van der Waals surface area contributed by atoms with Crippen molar-refractivity contribution in [3.63, 3.8) is 0 Å². The molecule has 1 N–H and O–H groups in total. The fraction of sp³-hybridized carbons (Fsp3) is 0.625. The summed E-state index contributed by atoms with van der Waals surface area (Å²) in [5.74, 6) is -0.949. The van der Waals surface area contributed by atoms with Gasteiger partial charge in [0.2, 0.25) is 0 Å². The highest BCUT2D eigenvalue weighted by Gasteiger charge is 2.59. The van der Waals surface area contributed by atoms with Crippen LogP contribution in [0.4, 0.5) is 0 Å². The Bertz CT molecular complexity index is 264. The van der Waals surface area contributed by atoms with E-state index in [1.54, 1.807) is 0 Å². The molecule has 2 aliphatic rings. The Labute approximate surface area is 80.2 Å². The maximum absolute atomic E-state index is 10.9. The zero-order valence-electron chi connectivity index (χ0n) is 6.21. The van der Waals surface area contributed by atoms with Gasteiger partial charge >= 0.3 is 5.97 Å². The molecule has 2 nitrogen and oxygen atoms in total. The molecule has 0 aromatic rings. The first-order chi connectivity index (χ1) is 5.56. The number of rotatable bonds is 1. The van der Waals surface area contributed by atoms with Gasteiger partial charge in [-0.25, -0.2) is 0 Å². The Balaban J connectivity index is 2.39. The van der Waals surface area contributed by atoms with Gasteiger partial charge in [0.25, 0.3) is 0 Å². The molecule has 0 aliphatic heterocycles. The lowest BCUT2D eigenvalue weighted by atomic mass is 9.92. The summed E-state index contributed by atoms with van der Waals surface area (Å²) in [4.78, 5) is 9.61. The van der Waals surface area contributed by atoms with Crippen molar-refractivity contribution < 1.29 is 9.90 Å². The van der Waals surface area contributed by atoms with Crippen LogP contribution in [0.3, 0.4) is 0 Å². The lowest BCUT2D eigenvalue weighted by Crippen LogP contribution is -2.44. The van der Waals surface area contributed by atoms with Gasteiger partial charge in [-0.3, -0.25) is 4.79 Å². The fourth-order valence-electron chi connectivity index (χ4n) is 2.05. The third-order valence-corrected chi connectivity index (χ3v) is 4.22. The van der Waals surface area contributed by atoms with E-state index in [0.717, 1.165) is 6.42 Å². The summed E-state index contributed by atoms with van der Waals surface area (Å²) in [5, 5.41) is 8.45. The summed E-state index contributed by atoms with van der Waals surface area (Å²) < 4.78 is 0. The average Bonchev–Trinajstić information content (AvgIpc) is 2.55. The van der Waals surface area contributed by atoms with Crippen LogP contribution >= 0.6 is 23.2 Å². The first-order valence-electron chi connectivity index (χ1n) is 3.81. The average molecular weight is 207 g/mol. The maximum atomic E-state index is 10.9. The Hall–Kier alpha value is -0.210. The molecule has 0 spiro atoms. The zero-order chi connectivity index (χ0) is 8.93. The molecule has 0 aromatic carbocycles. The van der Waals surface area contributed by atoms with Crippen LogP contribution in [0.2, 0.25) is 0 Å². The number of allylic oxidation sites excluding steroid dienone is 2. The first-order valence-corrected chi connectivity index (χ1v) is 4.63. The molecule has 4 atom stereocenters. The van der Waals surface area contributed by atoms with Gasteiger partial charge in [0, 0.05) is 5.92 Å². The molecule has 2 rings (SSSR count). The summed E-state index contributed by atoms with van der Waals surface area (Å²) in [6.07, 6.45) is 4.61. The summed E-state index contributed by atoms with van der Waals surface area (Å²) in [5.41, 5.74) is 0. The summed E-state index contributed by atoms with van der Waals surface area (Å²) >= 11 is 11.9. The largest absolute Gasteiger partial charge is 0.480 e. The van der Waals surface area contributed by atoms with Crippen LogP contribution in [0.15, 0.2) is 12.2 Å². The van der Waals surface area contributed by atoms with Gasteiger partial charge in [-0.15, -0.1) is 23.2 Å². The molecule has 66 valence electrons. The summed E-state index contributed by atoms with van der Waals surface area (Å²) in [7, 11) is 0. The van der Waals surface area contributed by atoms with E-state index in [-0.39, 0.29) is 11.8 Å². The van der Waals surface area contributed by atoms with Crippen LogP contribution < -0.4 is 0 Å². The van der Waals surface area contributed by atoms with E-state index in [4.69, 9.17) is 28.3 Å². The normalized spacial score (nSPS) is 50.0. The Kier molecular flexibility index (Phi) is 1.67. The number of aliphatic carboxylic acids is 1. The smallest absolute Gasteiger partial charge is 0.326 e. The molecule has 4 heteroatoms. The number of carbonyl (C=O) groups is 1. The second-order valence-corrected chi connectivity index (χ2v) is 4.46. The van der Waals surface area contributed by atoms with Gasteiger partial charge in [-0.2, -0.15) is 0 Å². The number of alkyl halides is 2. The van der Waals surface area contributed by atoms with Crippen molar-refractivity contribution in [1.82, 2.24) is 0 Å². The van der Waals surface area contributed by atoms with Gasteiger partial charge in [-0.1, -0.05) is 12.2 Å². The second kappa shape index (κ2) is 2.39. The summed E-state index contributed by atoms with van der Waals surface area (Å²) in [6.45, 7) is 0. The molecule has 12 heavy (non-hydrogen) atoms. The van der Waals surface area contributed by atoms with Crippen LogP contribution in [0.25, 0.3) is 0 Å². The van der Waals surface area contributed by atoms with Gasteiger partial charge < -0.3 is 5.11 Å². The molecule has 0 radical (unpaired) electrons. The van der Waals surface area contributed by atoms with Crippen molar-refractivity contribution in [2.24, 2.45) is 11.8 Å². The van der Waals surface area contributed by atoms with E-state index in [1.807, 2.05) is 12.2 Å². The Morgan fingerprint density at radius 3 is 2.58 bits per heavy atom. The van der Waals surface area contributed by atoms with Crippen molar-refractivity contribution in [2.45, 2.75) is 16.7 Å². The third-order valence-electron chi connectivity index (χ3n) is 2.76. The van der Waals surface area contributed by atoms with E-state index >= 15 is 0 Å². The highest BCUT2D eigenvalue weighted by molar-refractivity contribution is 6.41. The molecule has 0 heterocycles. The van der Waals surface area contributed by atoms with E-state index in [1.165, 1.54) is 0 Å². The number of hydrogen-bond donors (Lipinski definition) is 1. The molecule has 1 fully saturated rings. The molecule has 1 saturated carbocycles. The molecular weight excluding hydrogens is 199 g/mol. The fourth-order valence-corrected chi connectivity index (χ4v) is 2.81. The SMILES string of the molecule is O=C(O)[C@@]1(Cl)[C@H]2C=C[C@H](C2)[C@@H]1Cl. The number of hydrogen-bond acceptors (Lipinski definition) is 1. The van der Waals surface area contributed by atoms with Crippen molar-refractivity contribution in [3.8, 4) is 0 Å². The monoisotopic (exact) mass is 206 g/mol. The van der Waals surface area contributed by atoms with Gasteiger partial charge in [0.05, 0.1) is 5.38 Å². The number of carboxylic acids is 1. The lowest BCUT2D eigenvalue weighted by molar-refractivity contribution is -0.140. The van der Waals surface area contributed by atoms with Crippen molar-refractivity contribution in [1.29, 1.82) is 0 Å². The van der Waals surface area contributed by atoms with E-state index in [0.29, 0.717) is 0 Å². The van der Waals surface area contributed by atoms with Crippen molar-refractivity contribution in [3.05, 3.63) is 12.2 Å².